The summed E-state index contributed by atoms with van der Waals surface area (Å²) >= 11 is 0. The lowest BCUT2D eigenvalue weighted by molar-refractivity contribution is 0.324. The molecule has 0 saturated heterocycles. The highest BCUT2D eigenvalue weighted by atomic mass is 16.5. The Bertz CT molecular complexity index is 510. The van der Waals surface area contributed by atoms with E-state index < -0.39 is 0 Å². The summed E-state index contributed by atoms with van der Waals surface area (Å²) in [6.45, 7) is 11.3. The number of hydrogen-bond donors (Lipinski definition) is 1. The second-order valence-corrected chi connectivity index (χ2v) is 4.92. The highest BCUT2D eigenvalue weighted by molar-refractivity contribution is 5.86. The maximum atomic E-state index is 5.80. The molecule has 4 heteroatoms. The second kappa shape index (κ2) is 6.64. The fraction of sp³-hybridized carbons (Fsp3) is 0.562. The van der Waals surface area contributed by atoms with Crippen LogP contribution in [0.4, 0.5) is 0 Å². The minimum atomic E-state index is 0.666. The van der Waals surface area contributed by atoms with Crippen LogP contribution in [0.15, 0.2) is 11.1 Å². The van der Waals surface area contributed by atoms with Gasteiger partial charge in [-0.25, -0.2) is 0 Å². The molecule has 20 heavy (non-hydrogen) atoms. The normalized spacial score (nSPS) is 13.9. The largest absolute Gasteiger partial charge is 0.494 e. The van der Waals surface area contributed by atoms with Crippen molar-refractivity contribution in [2.24, 2.45) is 4.99 Å². The Morgan fingerprint density at radius 3 is 2.55 bits per heavy atom. The smallest absolute Gasteiger partial charge is 0.125 e. The van der Waals surface area contributed by atoms with Crippen molar-refractivity contribution in [3.63, 3.8) is 0 Å². The van der Waals surface area contributed by atoms with Gasteiger partial charge in [0.05, 0.1) is 19.8 Å². The van der Waals surface area contributed by atoms with Gasteiger partial charge in [-0.15, -0.1) is 0 Å². The molecule has 4 nitrogen and oxygen atoms in total. The topological polar surface area (TPSA) is 42.9 Å². The summed E-state index contributed by atoms with van der Waals surface area (Å²) < 4.78 is 11.6. The maximum Gasteiger partial charge on any atom is 0.125 e. The fourth-order valence-electron chi connectivity index (χ4n) is 2.57. The zero-order valence-electron chi connectivity index (χ0n) is 12.9. The lowest BCUT2D eigenvalue weighted by Crippen LogP contribution is -2.21. The van der Waals surface area contributed by atoms with Crippen LogP contribution >= 0.6 is 0 Å². The van der Waals surface area contributed by atoms with E-state index in [9.17, 15) is 0 Å². The molecule has 1 aliphatic rings. The van der Waals surface area contributed by atoms with Gasteiger partial charge in [0.2, 0.25) is 0 Å². The molecule has 0 aliphatic carbocycles. The van der Waals surface area contributed by atoms with Crippen LogP contribution in [0.3, 0.4) is 0 Å². The monoisotopic (exact) mass is 276 g/mol. The molecule has 0 radical (unpaired) electrons. The molecule has 0 bridgehead atoms. The molecule has 1 aromatic carbocycles. The summed E-state index contributed by atoms with van der Waals surface area (Å²) in [4.78, 5) is 4.48. The molecule has 0 atom stereocenters. The lowest BCUT2D eigenvalue weighted by Gasteiger charge is -2.19. The van der Waals surface area contributed by atoms with Gasteiger partial charge in [0.1, 0.15) is 17.3 Å². The Kier molecular flexibility index (Phi) is 4.88. The van der Waals surface area contributed by atoms with Gasteiger partial charge in [-0.2, -0.15) is 0 Å². The standard InChI is InChI=1S/C16H24N2O2/c1-5-19-14-9-11(3)16(20-6-2)12(4)13(14)10-15-17-7-8-18-15/h9H,5-8,10H2,1-4H3,(H,17,18). The third kappa shape index (κ3) is 3.06. The zero-order valence-corrected chi connectivity index (χ0v) is 12.9. The van der Waals surface area contributed by atoms with Gasteiger partial charge in [0.25, 0.3) is 0 Å². The Hall–Kier alpha value is -1.71. The average molecular weight is 276 g/mol. The molecule has 0 fully saturated rings. The number of nitrogens with zero attached hydrogens (tertiary/aromatic N) is 1. The lowest BCUT2D eigenvalue weighted by atomic mass is 9.99. The summed E-state index contributed by atoms with van der Waals surface area (Å²) in [7, 11) is 0. The summed E-state index contributed by atoms with van der Waals surface area (Å²) in [5, 5.41) is 3.32. The van der Waals surface area contributed by atoms with Crippen molar-refractivity contribution in [1.82, 2.24) is 5.32 Å². The van der Waals surface area contributed by atoms with Gasteiger partial charge in [0.15, 0.2) is 0 Å². The number of aliphatic imine (C=N–C) groups is 1. The molecule has 1 N–H and O–H groups in total. The van der Waals surface area contributed by atoms with Crippen molar-refractivity contribution in [1.29, 1.82) is 0 Å². The third-order valence-corrected chi connectivity index (χ3v) is 3.47. The molecule has 0 aromatic heterocycles. The first-order valence-electron chi connectivity index (χ1n) is 7.33. The first kappa shape index (κ1) is 14.7. The van der Waals surface area contributed by atoms with Crippen LogP contribution in [-0.4, -0.2) is 32.1 Å². The number of amidine groups is 1. The molecule has 1 aromatic rings. The maximum absolute atomic E-state index is 5.80. The van der Waals surface area contributed by atoms with Gasteiger partial charge in [-0.05, 0) is 44.9 Å². The summed E-state index contributed by atoms with van der Waals surface area (Å²) in [6.07, 6.45) is 0.779. The van der Waals surface area contributed by atoms with Crippen molar-refractivity contribution in [2.75, 3.05) is 26.3 Å². The van der Waals surface area contributed by atoms with Crippen LogP contribution < -0.4 is 14.8 Å². The van der Waals surface area contributed by atoms with Crippen LogP contribution in [0.5, 0.6) is 11.5 Å². The van der Waals surface area contributed by atoms with Gasteiger partial charge < -0.3 is 14.8 Å². The summed E-state index contributed by atoms with van der Waals surface area (Å²) in [6, 6.07) is 2.08. The van der Waals surface area contributed by atoms with E-state index in [0.717, 1.165) is 48.0 Å². The zero-order chi connectivity index (χ0) is 14.5. The van der Waals surface area contributed by atoms with Gasteiger partial charge in [-0.1, -0.05) is 0 Å². The molecule has 1 aliphatic heterocycles. The summed E-state index contributed by atoms with van der Waals surface area (Å²) in [5.74, 6) is 2.97. The Labute approximate surface area is 121 Å². The minimum Gasteiger partial charge on any atom is -0.494 e. The molecule has 1 heterocycles. The van der Waals surface area contributed by atoms with E-state index in [1.54, 1.807) is 0 Å². The van der Waals surface area contributed by atoms with Crippen LogP contribution in [0.25, 0.3) is 0 Å². The number of rotatable bonds is 6. The van der Waals surface area contributed by atoms with Crippen molar-refractivity contribution < 1.29 is 9.47 Å². The van der Waals surface area contributed by atoms with Gasteiger partial charge in [-0.3, -0.25) is 4.99 Å². The SMILES string of the molecule is CCOc1cc(C)c(OCC)c(C)c1CC1=NCCN1. The fourth-order valence-corrected chi connectivity index (χ4v) is 2.57. The molecule has 2 rings (SSSR count). The van der Waals surface area contributed by atoms with E-state index in [1.807, 2.05) is 13.8 Å². The second-order valence-electron chi connectivity index (χ2n) is 4.92. The van der Waals surface area contributed by atoms with Crippen molar-refractivity contribution in [3.05, 3.63) is 22.8 Å². The number of hydrogen-bond acceptors (Lipinski definition) is 4. The predicted molar refractivity (Wildman–Crippen MR) is 82.3 cm³/mol. The number of nitrogens with one attached hydrogen (secondary N) is 1. The highest BCUT2D eigenvalue weighted by Crippen LogP contribution is 2.34. The van der Waals surface area contributed by atoms with E-state index in [0.29, 0.717) is 13.2 Å². The first-order chi connectivity index (χ1) is 9.67. The highest BCUT2D eigenvalue weighted by Gasteiger charge is 2.18. The van der Waals surface area contributed by atoms with E-state index in [-0.39, 0.29) is 0 Å². The predicted octanol–water partition coefficient (Wildman–Crippen LogP) is 2.65. The molecule has 0 unspecified atom stereocenters. The van der Waals surface area contributed by atoms with Crippen molar-refractivity contribution in [2.45, 2.75) is 34.1 Å². The van der Waals surface area contributed by atoms with Crippen LogP contribution in [0, 0.1) is 13.8 Å². The Balaban J connectivity index is 2.40. The van der Waals surface area contributed by atoms with Crippen LogP contribution in [0.1, 0.15) is 30.5 Å². The van der Waals surface area contributed by atoms with Crippen molar-refractivity contribution in [3.8, 4) is 11.5 Å². The quantitative estimate of drug-likeness (QED) is 0.868. The van der Waals surface area contributed by atoms with Crippen LogP contribution in [0.2, 0.25) is 0 Å². The van der Waals surface area contributed by atoms with Crippen molar-refractivity contribution >= 4 is 5.84 Å². The Morgan fingerprint density at radius 2 is 1.95 bits per heavy atom. The Morgan fingerprint density at radius 1 is 1.20 bits per heavy atom. The molecular weight excluding hydrogens is 252 g/mol. The van der Waals surface area contributed by atoms with Gasteiger partial charge in [0, 0.05) is 18.5 Å². The van der Waals surface area contributed by atoms with E-state index >= 15 is 0 Å². The van der Waals surface area contributed by atoms with E-state index in [2.05, 4.69) is 30.2 Å². The average Bonchev–Trinajstić information content (AvgIpc) is 2.92. The van der Waals surface area contributed by atoms with E-state index in [1.165, 1.54) is 5.56 Å². The third-order valence-electron chi connectivity index (χ3n) is 3.47. The van der Waals surface area contributed by atoms with Gasteiger partial charge >= 0.3 is 0 Å². The molecular formula is C16H24N2O2. The van der Waals surface area contributed by atoms with Crippen LogP contribution in [-0.2, 0) is 6.42 Å². The molecule has 110 valence electrons. The number of benzene rings is 1. The minimum absolute atomic E-state index is 0.666. The summed E-state index contributed by atoms with van der Waals surface area (Å²) in [5.41, 5.74) is 3.46. The molecule has 0 spiro atoms. The number of aryl methyl sites for hydroxylation is 1. The first-order valence-corrected chi connectivity index (χ1v) is 7.33. The molecule has 0 amide bonds. The number of ether oxygens (including phenoxy) is 2. The molecule has 0 saturated carbocycles. The van der Waals surface area contributed by atoms with E-state index in [4.69, 9.17) is 9.47 Å².